The maximum absolute atomic E-state index is 3.24. The highest BCUT2D eigenvalue weighted by atomic mass is 14.8. The molecule has 0 atom stereocenters. The van der Waals surface area contributed by atoms with Crippen molar-refractivity contribution in [2.75, 3.05) is 13.1 Å². The van der Waals surface area contributed by atoms with E-state index in [9.17, 15) is 0 Å². The van der Waals surface area contributed by atoms with Gasteiger partial charge in [-0.1, -0.05) is 41.7 Å². The van der Waals surface area contributed by atoms with Crippen molar-refractivity contribution in [3.8, 4) is 11.8 Å². The van der Waals surface area contributed by atoms with Gasteiger partial charge in [-0.15, -0.1) is 0 Å². The normalized spacial score (nSPS) is 8.93. The first-order valence-electron chi connectivity index (χ1n) is 5.17. The fourth-order valence-corrected chi connectivity index (χ4v) is 1.08. The molecule has 0 bridgehead atoms. The number of hydrogen-bond donors (Lipinski definition) is 1. The minimum Gasteiger partial charge on any atom is -0.303 e. The van der Waals surface area contributed by atoms with E-state index in [2.05, 4.69) is 37.1 Å². The van der Waals surface area contributed by atoms with Gasteiger partial charge in [0.2, 0.25) is 0 Å². The molecule has 0 spiro atoms. The van der Waals surface area contributed by atoms with E-state index in [1.54, 1.807) is 0 Å². The van der Waals surface area contributed by atoms with Crippen LogP contribution in [0.3, 0.4) is 0 Å². The highest BCUT2D eigenvalue weighted by molar-refractivity contribution is 5.33. The summed E-state index contributed by atoms with van der Waals surface area (Å²) in [5.74, 6) is 6.18. The molecule has 78 valence electrons. The molecule has 0 saturated carbocycles. The molecule has 1 N–H and O–H groups in total. The van der Waals surface area contributed by atoms with Gasteiger partial charge in [0, 0.05) is 12.1 Å². The van der Waals surface area contributed by atoms with Crippen molar-refractivity contribution in [1.29, 1.82) is 0 Å². The van der Waals surface area contributed by atoms with Crippen molar-refractivity contribution in [2.24, 2.45) is 0 Å². The van der Waals surface area contributed by atoms with E-state index in [1.165, 1.54) is 5.57 Å². The zero-order valence-corrected chi connectivity index (χ0v) is 9.38. The lowest BCUT2D eigenvalue weighted by molar-refractivity contribution is 0.852. The number of hydrogen-bond acceptors (Lipinski definition) is 1. The Kier molecular flexibility index (Phi) is 5.29. The number of nitrogens with one attached hydrogen (secondary N) is 1. The third kappa shape index (κ3) is 5.72. The molecule has 0 fully saturated rings. The Morgan fingerprint density at radius 3 is 2.67 bits per heavy atom. The molecular formula is C14H17N. The largest absolute Gasteiger partial charge is 0.303 e. The lowest BCUT2D eigenvalue weighted by Gasteiger charge is -1.94. The summed E-state index contributed by atoms with van der Waals surface area (Å²) in [5, 5.41) is 3.24. The van der Waals surface area contributed by atoms with E-state index in [0.717, 1.165) is 18.7 Å². The molecule has 1 heteroatoms. The Hall–Kier alpha value is -1.52. The molecule has 0 saturated heterocycles. The second kappa shape index (κ2) is 6.86. The van der Waals surface area contributed by atoms with Crippen LogP contribution < -0.4 is 5.32 Å². The van der Waals surface area contributed by atoms with Crippen LogP contribution in [0.25, 0.3) is 0 Å². The van der Waals surface area contributed by atoms with Gasteiger partial charge in [-0.2, -0.15) is 0 Å². The molecule has 0 aliphatic heterocycles. The first kappa shape index (κ1) is 11.6. The summed E-state index contributed by atoms with van der Waals surface area (Å²) < 4.78 is 0. The first-order valence-corrected chi connectivity index (χ1v) is 5.17. The van der Waals surface area contributed by atoms with E-state index in [1.807, 2.05) is 30.3 Å². The van der Waals surface area contributed by atoms with Crippen molar-refractivity contribution in [3.05, 3.63) is 47.5 Å². The molecule has 0 heterocycles. The molecule has 1 rings (SSSR count). The van der Waals surface area contributed by atoms with Crippen LogP contribution in [0.4, 0.5) is 0 Å². The van der Waals surface area contributed by atoms with E-state index in [-0.39, 0.29) is 0 Å². The quantitative estimate of drug-likeness (QED) is 0.448. The fraction of sp³-hybridized carbons (Fsp3) is 0.286. The minimum atomic E-state index is 0.735. The third-order valence-corrected chi connectivity index (χ3v) is 1.87. The van der Waals surface area contributed by atoms with Crippen molar-refractivity contribution < 1.29 is 0 Å². The highest BCUT2D eigenvalue weighted by Crippen LogP contribution is 1.94. The van der Waals surface area contributed by atoms with Gasteiger partial charge >= 0.3 is 0 Å². The van der Waals surface area contributed by atoms with Crippen LogP contribution >= 0.6 is 0 Å². The van der Waals surface area contributed by atoms with E-state index in [4.69, 9.17) is 0 Å². The van der Waals surface area contributed by atoms with Crippen LogP contribution in [-0.2, 0) is 0 Å². The summed E-state index contributed by atoms with van der Waals surface area (Å²) in [6.45, 7) is 5.82. The molecule has 0 unspecified atom stereocenters. The maximum Gasteiger partial charge on any atom is 0.0582 e. The summed E-state index contributed by atoms with van der Waals surface area (Å²) in [6.07, 6.45) is 2.16. The molecule has 1 aromatic rings. The minimum absolute atomic E-state index is 0.735. The van der Waals surface area contributed by atoms with Gasteiger partial charge < -0.3 is 5.32 Å². The molecule has 1 nitrogen and oxygen atoms in total. The fourth-order valence-electron chi connectivity index (χ4n) is 1.08. The zero-order chi connectivity index (χ0) is 10.9. The van der Waals surface area contributed by atoms with Crippen LogP contribution in [-0.4, -0.2) is 13.1 Å². The number of allylic oxidation sites excluding steroid dienone is 1. The lowest BCUT2D eigenvalue weighted by Crippen LogP contribution is -2.13. The average molecular weight is 199 g/mol. The van der Waals surface area contributed by atoms with Crippen LogP contribution in [0, 0.1) is 11.8 Å². The van der Waals surface area contributed by atoms with Crippen molar-refractivity contribution in [2.45, 2.75) is 13.8 Å². The second-order valence-electron chi connectivity index (χ2n) is 3.58. The van der Waals surface area contributed by atoms with Gasteiger partial charge in [0.05, 0.1) is 6.54 Å². The summed E-state index contributed by atoms with van der Waals surface area (Å²) in [5.41, 5.74) is 2.40. The lowest BCUT2D eigenvalue weighted by atomic mass is 10.2. The monoisotopic (exact) mass is 199 g/mol. The standard InChI is InChI=1S/C14H17N/c1-13(2)10-12-15-11-6-9-14-7-4-3-5-8-14/h3-5,7-8,10,15H,11-12H2,1-2H3. The Labute approximate surface area is 92.2 Å². The summed E-state index contributed by atoms with van der Waals surface area (Å²) in [6, 6.07) is 10.0. The van der Waals surface area contributed by atoms with Crippen LogP contribution in [0.1, 0.15) is 19.4 Å². The first-order chi connectivity index (χ1) is 7.29. The summed E-state index contributed by atoms with van der Waals surface area (Å²) in [7, 11) is 0. The van der Waals surface area contributed by atoms with E-state index < -0.39 is 0 Å². The highest BCUT2D eigenvalue weighted by Gasteiger charge is 1.81. The third-order valence-electron chi connectivity index (χ3n) is 1.87. The van der Waals surface area contributed by atoms with Crippen molar-refractivity contribution in [3.63, 3.8) is 0 Å². The molecule has 1 aromatic carbocycles. The summed E-state index contributed by atoms with van der Waals surface area (Å²) in [4.78, 5) is 0. The Morgan fingerprint density at radius 1 is 1.27 bits per heavy atom. The molecule has 0 amide bonds. The average Bonchev–Trinajstić information content (AvgIpc) is 2.24. The zero-order valence-electron chi connectivity index (χ0n) is 9.38. The second-order valence-corrected chi connectivity index (χ2v) is 3.58. The van der Waals surface area contributed by atoms with Crippen molar-refractivity contribution >= 4 is 0 Å². The number of benzene rings is 1. The van der Waals surface area contributed by atoms with Crippen LogP contribution in [0.15, 0.2) is 42.0 Å². The molecule has 0 aromatic heterocycles. The van der Waals surface area contributed by atoms with Crippen LogP contribution in [0.2, 0.25) is 0 Å². The van der Waals surface area contributed by atoms with Gasteiger partial charge in [0.1, 0.15) is 0 Å². The van der Waals surface area contributed by atoms with Crippen LogP contribution in [0.5, 0.6) is 0 Å². The molecule has 15 heavy (non-hydrogen) atoms. The smallest absolute Gasteiger partial charge is 0.0582 e. The SMILES string of the molecule is CC(C)=CCNCC#Cc1ccccc1. The van der Waals surface area contributed by atoms with Gasteiger partial charge in [0.25, 0.3) is 0 Å². The molecule has 0 radical (unpaired) electrons. The van der Waals surface area contributed by atoms with Gasteiger partial charge in [-0.05, 0) is 26.0 Å². The maximum atomic E-state index is 3.24. The molecular weight excluding hydrogens is 182 g/mol. The summed E-state index contributed by atoms with van der Waals surface area (Å²) >= 11 is 0. The van der Waals surface area contributed by atoms with E-state index in [0.29, 0.717) is 0 Å². The Balaban J connectivity index is 2.26. The number of rotatable bonds is 3. The molecule has 0 aliphatic carbocycles. The Morgan fingerprint density at radius 2 is 2.00 bits per heavy atom. The molecule has 0 aliphatic rings. The van der Waals surface area contributed by atoms with Gasteiger partial charge in [-0.25, -0.2) is 0 Å². The van der Waals surface area contributed by atoms with Crippen molar-refractivity contribution in [1.82, 2.24) is 5.32 Å². The topological polar surface area (TPSA) is 12.0 Å². The van der Waals surface area contributed by atoms with Gasteiger partial charge in [-0.3, -0.25) is 0 Å². The van der Waals surface area contributed by atoms with Gasteiger partial charge in [0.15, 0.2) is 0 Å². The predicted molar refractivity (Wildman–Crippen MR) is 65.6 cm³/mol. The van der Waals surface area contributed by atoms with E-state index >= 15 is 0 Å². The Bertz CT molecular complexity index is 361. The predicted octanol–water partition coefficient (Wildman–Crippen LogP) is 2.59.